The highest BCUT2D eigenvalue weighted by Gasteiger charge is 2.24. The highest BCUT2D eigenvalue weighted by Crippen LogP contribution is 2.32. The molecule has 1 aromatic rings. The molecular weight excluding hydrogens is 218 g/mol. The lowest BCUT2D eigenvalue weighted by Gasteiger charge is -2.32. The van der Waals surface area contributed by atoms with Crippen molar-refractivity contribution in [3.63, 3.8) is 0 Å². The summed E-state index contributed by atoms with van der Waals surface area (Å²) in [5, 5.41) is 3.68. The van der Waals surface area contributed by atoms with E-state index in [1.54, 1.807) is 0 Å². The van der Waals surface area contributed by atoms with Crippen molar-refractivity contribution in [3.05, 3.63) is 48.0 Å². The van der Waals surface area contributed by atoms with Gasteiger partial charge in [0.15, 0.2) is 0 Å². The van der Waals surface area contributed by atoms with Crippen molar-refractivity contribution < 1.29 is 0 Å². The molecule has 2 atom stereocenters. The van der Waals surface area contributed by atoms with Gasteiger partial charge in [0.05, 0.1) is 0 Å². The third kappa shape index (κ3) is 3.02. The molecule has 0 saturated heterocycles. The van der Waals surface area contributed by atoms with Gasteiger partial charge in [-0.15, -0.1) is 6.58 Å². The van der Waals surface area contributed by atoms with Gasteiger partial charge in [0.25, 0.3) is 0 Å². The maximum absolute atomic E-state index is 4.05. The minimum atomic E-state index is 0.476. The van der Waals surface area contributed by atoms with Crippen LogP contribution >= 0.6 is 0 Å². The highest BCUT2D eigenvalue weighted by molar-refractivity contribution is 5.33. The number of hydrogen-bond acceptors (Lipinski definition) is 1. The summed E-state index contributed by atoms with van der Waals surface area (Å²) in [5.41, 5.74) is 3.01. The Labute approximate surface area is 111 Å². The second kappa shape index (κ2) is 6.75. The van der Waals surface area contributed by atoms with E-state index in [1.807, 2.05) is 0 Å². The molecule has 1 aliphatic rings. The number of nitrogens with one attached hydrogen (secondary N) is 1. The van der Waals surface area contributed by atoms with Gasteiger partial charge in [0.2, 0.25) is 0 Å². The summed E-state index contributed by atoms with van der Waals surface area (Å²) >= 11 is 0. The van der Waals surface area contributed by atoms with E-state index in [0.29, 0.717) is 12.0 Å². The van der Waals surface area contributed by atoms with Crippen molar-refractivity contribution in [2.24, 2.45) is 5.92 Å². The molecule has 0 amide bonds. The minimum absolute atomic E-state index is 0.476. The predicted octanol–water partition coefficient (Wildman–Crippen LogP) is 4.26. The average Bonchev–Trinajstić information content (AvgIpc) is 2.43. The van der Waals surface area contributed by atoms with Gasteiger partial charge in [0, 0.05) is 6.04 Å². The Morgan fingerprint density at radius 3 is 3.00 bits per heavy atom. The molecule has 1 aliphatic heterocycles. The Balaban J connectivity index is 2.09. The Bertz CT molecular complexity index is 383. The number of benzene rings is 1. The highest BCUT2D eigenvalue weighted by atomic mass is 14.9. The molecule has 1 heteroatoms. The van der Waals surface area contributed by atoms with E-state index in [4.69, 9.17) is 0 Å². The summed E-state index contributed by atoms with van der Waals surface area (Å²) in [6.07, 6.45) is 8.50. The fourth-order valence-corrected chi connectivity index (χ4v) is 2.97. The fourth-order valence-electron chi connectivity index (χ4n) is 2.97. The predicted molar refractivity (Wildman–Crippen MR) is 78.7 cm³/mol. The quantitative estimate of drug-likeness (QED) is 0.581. The van der Waals surface area contributed by atoms with Crippen molar-refractivity contribution in [2.45, 2.75) is 45.1 Å². The fraction of sp³-hybridized carbons (Fsp3) is 0.529. The van der Waals surface area contributed by atoms with Crippen molar-refractivity contribution in [1.82, 2.24) is 5.32 Å². The first kappa shape index (κ1) is 13.4. The molecule has 1 aromatic carbocycles. The van der Waals surface area contributed by atoms with Gasteiger partial charge in [-0.3, -0.25) is 0 Å². The van der Waals surface area contributed by atoms with Crippen LogP contribution in [0.1, 0.15) is 49.8 Å². The molecule has 1 nitrogen and oxygen atoms in total. The maximum atomic E-state index is 4.05. The van der Waals surface area contributed by atoms with Crippen molar-refractivity contribution in [2.75, 3.05) is 6.54 Å². The van der Waals surface area contributed by atoms with E-state index in [9.17, 15) is 0 Å². The SMILES string of the molecule is C=C[C@@H](CCCCC)[C@H]1NCCc2ccccc21. The molecular formula is C17H25N. The Morgan fingerprint density at radius 2 is 2.22 bits per heavy atom. The van der Waals surface area contributed by atoms with Crippen LogP contribution in [0.2, 0.25) is 0 Å². The molecule has 0 unspecified atom stereocenters. The van der Waals surface area contributed by atoms with Crippen LogP contribution in [0.15, 0.2) is 36.9 Å². The Morgan fingerprint density at radius 1 is 1.39 bits per heavy atom. The van der Waals surface area contributed by atoms with Gasteiger partial charge < -0.3 is 5.32 Å². The van der Waals surface area contributed by atoms with E-state index < -0.39 is 0 Å². The molecule has 0 radical (unpaired) electrons. The average molecular weight is 243 g/mol. The first-order valence-electron chi connectivity index (χ1n) is 7.30. The van der Waals surface area contributed by atoms with Gasteiger partial charge in [-0.25, -0.2) is 0 Å². The summed E-state index contributed by atoms with van der Waals surface area (Å²) in [4.78, 5) is 0. The molecule has 0 fully saturated rings. The summed E-state index contributed by atoms with van der Waals surface area (Å²) in [6.45, 7) is 7.41. The zero-order valence-corrected chi connectivity index (χ0v) is 11.5. The number of rotatable bonds is 6. The Kier molecular flexibility index (Phi) is 5.00. The molecule has 18 heavy (non-hydrogen) atoms. The van der Waals surface area contributed by atoms with Crippen LogP contribution in [0.3, 0.4) is 0 Å². The van der Waals surface area contributed by atoms with Gasteiger partial charge in [-0.05, 0) is 36.4 Å². The van der Waals surface area contributed by atoms with E-state index in [2.05, 4.69) is 49.2 Å². The third-order valence-electron chi connectivity index (χ3n) is 4.02. The lowest BCUT2D eigenvalue weighted by molar-refractivity contribution is 0.374. The molecule has 0 spiro atoms. The molecule has 0 aliphatic carbocycles. The van der Waals surface area contributed by atoms with Crippen molar-refractivity contribution in [1.29, 1.82) is 0 Å². The Hall–Kier alpha value is -1.08. The standard InChI is InChI=1S/C17H25N/c1-3-5-6-9-14(4-2)17-16-11-8-7-10-15(16)12-13-18-17/h4,7-8,10-11,14,17-18H,2-3,5-6,9,12-13H2,1H3/t14-,17+/m0/s1. The summed E-state index contributed by atoms with van der Waals surface area (Å²) < 4.78 is 0. The monoisotopic (exact) mass is 243 g/mol. The molecule has 0 saturated carbocycles. The first-order valence-corrected chi connectivity index (χ1v) is 7.30. The number of hydrogen-bond donors (Lipinski definition) is 1. The van der Waals surface area contributed by atoms with Crippen LogP contribution in [-0.2, 0) is 6.42 Å². The maximum Gasteiger partial charge on any atom is 0.0386 e. The smallest absolute Gasteiger partial charge is 0.0386 e. The molecule has 98 valence electrons. The summed E-state index contributed by atoms with van der Waals surface area (Å²) in [5.74, 6) is 0.568. The van der Waals surface area contributed by atoms with Crippen LogP contribution in [0, 0.1) is 5.92 Å². The number of unbranched alkanes of at least 4 members (excludes halogenated alkanes) is 2. The van der Waals surface area contributed by atoms with Crippen LogP contribution in [0.4, 0.5) is 0 Å². The van der Waals surface area contributed by atoms with Crippen molar-refractivity contribution in [3.8, 4) is 0 Å². The van der Waals surface area contributed by atoms with E-state index in [-0.39, 0.29) is 0 Å². The van der Waals surface area contributed by atoms with E-state index in [1.165, 1.54) is 36.8 Å². The zero-order valence-electron chi connectivity index (χ0n) is 11.5. The summed E-state index contributed by atoms with van der Waals surface area (Å²) in [6, 6.07) is 9.34. The van der Waals surface area contributed by atoms with Gasteiger partial charge in [-0.1, -0.05) is 56.5 Å². The van der Waals surface area contributed by atoms with Gasteiger partial charge >= 0.3 is 0 Å². The van der Waals surface area contributed by atoms with Crippen LogP contribution in [-0.4, -0.2) is 6.54 Å². The number of fused-ring (bicyclic) bond motifs is 1. The van der Waals surface area contributed by atoms with Crippen LogP contribution in [0.5, 0.6) is 0 Å². The van der Waals surface area contributed by atoms with Crippen LogP contribution in [0.25, 0.3) is 0 Å². The normalized spacial score (nSPS) is 20.2. The van der Waals surface area contributed by atoms with Crippen molar-refractivity contribution >= 4 is 0 Å². The lowest BCUT2D eigenvalue weighted by Crippen LogP contribution is -2.34. The largest absolute Gasteiger partial charge is 0.309 e. The van der Waals surface area contributed by atoms with Gasteiger partial charge in [0.1, 0.15) is 0 Å². The molecule has 1 N–H and O–H groups in total. The third-order valence-corrected chi connectivity index (χ3v) is 4.02. The van der Waals surface area contributed by atoms with Crippen LogP contribution < -0.4 is 5.32 Å². The topological polar surface area (TPSA) is 12.0 Å². The zero-order chi connectivity index (χ0) is 12.8. The second-order valence-electron chi connectivity index (χ2n) is 5.28. The van der Waals surface area contributed by atoms with E-state index >= 15 is 0 Å². The lowest BCUT2D eigenvalue weighted by atomic mass is 9.83. The summed E-state index contributed by atoms with van der Waals surface area (Å²) in [7, 11) is 0. The van der Waals surface area contributed by atoms with Gasteiger partial charge in [-0.2, -0.15) is 0 Å². The van der Waals surface area contributed by atoms with E-state index in [0.717, 1.165) is 13.0 Å². The first-order chi connectivity index (χ1) is 8.86. The minimum Gasteiger partial charge on any atom is -0.309 e. The molecule has 0 aromatic heterocycles. The second-order valence-corrected chi connectivity index (χ2v) is 5.28. The molecule has 2 rings (SSSR count). The molecule has 1 heterocycles. The molecule has 0 bridgehead atoms.